The number of allylic oxidation sites excluding steroid dienone is 4. The third-order valence-electron chi connectivity index (χ3n) is 4.30. The molecule has 1 aromatic heterocycles. The molecule has 9 heteroatoms. The lowest BCUT2D eigenvalue weighted by Gasteiger charge is -2.13. The number of para-hydroxylation sites is 2. The van der Waals surface area contributed by atoms with E-state index in [0.29, 0.717) is 18.0 Å². The average Bonchev–Trinajstić information content (AvgIpc) is 3.09. The first-order valence-corrected chi connectivity index (χ1v) is 8.64. The van der Waals surface area contributed by atoms with Gasteiger partial charge in [-0.15, -0.1) is 10.2 Å². The highest BCUT2D eigenvalue weighted by molar-refractivity contribution is 6.01. The molecule has 0 fully saturated rings. The van der Waals surface area contributed by atoms with E-state index in [0.717, 1.165) is 6.42 Å². The van der Waals surface area contributed by atoms with E-state index in [1.54, 1.807) is 18.2 Å². The second kappa shape index (κ2) is 7.40. The summed E-state index contributed by atoms with van der Waals surface area (Å²) in [4.78, 5) is 26.1. The van der Waals surface area contributed by atoms with Crippen molar-refractivity contribution in [1.29, 1.82) is 0 Å². The van der Waals surface area contributed by atoms with Gasteiger partial charge in [0.1, 0.15) is 18.4 Å². The molecule has 2 aromatic rings. The molecular weight excluding hydrogens is 348 g/mol. The molecule has 1 aliphatic heterocycles. The Bertz CT molecular complexity index is 919. The van der Waals surface area contributed by atoms with Gasteiger partial charge in [-0.2, -0.15) is 4.80 Å². The van der Waals surface area contributed by atoms with E-state index >= 15 is 0 Å². The molecule has 27 heavy (non-hydrogen) atoms. The van der Waals surface area contributed by atoms with Crippen LogP contribution in [0.2, 0.25) is 0 Å². The molecule has 138 valence electrons. The van der Waals surface area contributed by atoms with Gasteiger partial charge in [-0.1, -0.05) is 36.4 Å². The fraction of sp³-hybridized carbons (Fsp3) is 0.278. The Hall–Kier alpha value is -3.49. The van der Waals surface area contributed by atoms with Gasteiger partial charge in [-0.25, -0.2) is 0 Å². The van der Waals surface area contributed by atoms with Crippen molar-refractivity contribution in [3.63, 3.8) is 0 Å². The molecule has 0 radical (unpaired) electrons. The number of rotatable bonds is 4. The zero-order chi connectivity index (χ0) is 18.6. The Morgan fingerprint density at radius 2 is 2.22 bits per heavy atom. The number of tetrazole rings is 1. The van der Waals surface area contributed by atoms with Gasteiger partial charge in [0, 0.05) is 5.92 Å². The Balaban J connectivity index is 1.38. The summed E-state index contributed by atoms with van der Waals surface area (Å²) >= 11 is 0. The van der Waals surface area contributed by atoms with E-state index < -0.39 is 11.9 Å². The van der Waals surface area contributed by atoms with Crippen LogP contribution in [0.4, 0.5) is 5.69 Å². The molecule has 0 bridgehead atoms. The summed E-state index contributed by atoms with van der Waals surface area (Å²) < 4.78 is 5.60. The monoisotopic (exact) mass is 366 g/mol. The lowest BCUT2D eigenvalue weighted by molar-refractivity contribution is -0.118. The number of hydrogen-bond donors (Lipinski definition) is 2. The first-order chi connectivity index (χ1) is 13.2. The van der Waals surface area contributed by atoms with Crippen LogP contribution in [0.5, 0.6) is 5.75 Å². The Kier molecular flexibility index (Phi) is 4.65. The highest BCUT2D eigenvalue weighted by Crippen LogP contribution is 2.26. The van der Waals surface area contributed by atoms with E-state index in [1.807, 2.05) is 18.2 Å². The molecule has 0 saturated carbocycles. The van der Waals surface area contributed by atoms with Gasteiger partial charge in [0.05, 0.1) is 12.2 Å². The zero-order valence-corrected chi connectivity index (χ0v) is 14.4. The second-order valence-corrected chi connectivity index (χ2v) is 6.30. The van der Waals surface area contributed by atoms with Gasteiger partial charge in [-0.3, -0.25) is 9.59 Å². The fourth-order valence-corrected chi connectivity index (χ4v) is 2.88. The van der Waals surface area contributed by atoms with Gasteiger partial charge >= 0.3 is 0 Å². The number of carbonyl (C=O) groups is 2. The quantitative estimate of drug-likeness (QED) is 0.833. The number of aromatic nitrogens is 4. The average molecular weight is 366 g/mol. The van der Waals surface area contributed by atoms with E-state index in [1.165, 1.54) is 4.80 Å². The number of fused-ring (bicyclic) bond motifs is 1. The molecule has 0 spiro atoms. The third-order valence-corrected chi connectivity index (χ3v) is 4.30. The van der Waals surface area contributed by atoms with Crippen molar-refractivity contribution in [1.82, 2.24) is 25.5 Å². The number of benzene rings is 1. The molecule has 2 atom stereocenters. The number of ether oxygens (including phenoxy) is 1. The van der Waals surface area contributed by atoms with Crippen molar-refractivity contribution in [2.45, 2.75) is 19.0 Å². The zero-order valence-electron chi connectivity index (χ0n) is 14.4. The topological polar surface area (TPSA) is 111 Å². The third kappa shape index (κ3) is 3.86. The maximum absolute atomic E-state index is 12.4. The largest absolute Gasteiger partial charge is 0.489 e. The van der Waals surface area contributed by atoms with Crippen molar-refractivity contribution in [2.75, 3.05) is 11.9 Å². The lowest BCUT2D eigenvalue weighted by Crippen LogP contribution is -2.46. The van der Waals surface area contributed by atoms with Gasteiger partial charge in [-0.05, 0) is 23.8 Å². The lowest BCUT2D eigenvalue weighted by atomic mass is 10.0. The van der Waals surface area contributed by atoms with Gasteiger partial charge < -0.3 is 15.4 Å². The van der Waals surface area contributed by atoms with E-state index in [4.69, 9.17) is 4.74 Å². The summed E-state index contributed by atoms with van der Waals surface area (Å²) in [5.41, 5.74) is 0.568. The van der Waals surface area contributed by atoms with Crippen LogP contribution in [-0.2, 0) is 11.3 Å². The highest BCUT2D eigenvalue weighted by atomic mass is 16.5. The van der Waals surface area contributed by atoms with Crippen LogP contribution >= 0.6 is 0 Å². The van der Waals surface area contributed by atoms with Crippen molar-refractivity contribution >= 4 is 17.5 Å². The van der Waals surface area contributed by atoms with Crippen molar-refractivity contribution in [3.05, 3.63) is 54.4 Å². The number of hydrogen-bond acceptors (Lipinski definition) is 6. The molecule has 2 N–H and O–H groups in total. The summed E-state index contributed by atoms with van der Waals surface area (Å²) in [7, 11) is 0. The molecule has 1 aliphatic carbocycles. The first kappa shape index (κ1) is 17.0. The van der Waals surface area contributed by atoms with Gasteiger partial charge in [0.15, 0.2) is 0 Å². The predicted molar refractivity (Wildman–Crippen MR) is 96.0 cm³/mol. The van der Waals surface area contributed by atoms with Crippen LogP contribution in [0.25, 0.3) is 0 Å². The Labute approximate surface area is 155 Å². The van der Waals surface area contributed by atoms with Crippen molar-refractivity contribution in [3.8, 4) is 5.75 Å². The molecule has 4 rings (SSSR count). The summed E-state index contributed by atoms with van der Waals surface area (Å²) in [5.74, 6) is -0.198. The number of nitrogens with one attached hydrogen (secondary N) is 2. The molecule has 2 amide bonds. The molecular formula is C18H18N6O3. The van der Waals surface area contributed by atoms with Gasteiger partial charge in [0.25, 0.3) is 17.6 Å². The summed E-state index contributed by atoms with van der Waals surface area (Å²) in [5, 5.41) is 17.2. The van der Waals surface area contributed by atoms with Gasteiger partial charge in [0.2, 0.25) is 0 Å². The maximum atomic E-state index is 12.4. The Morgan fingerprint density at radius 3 is 3.07 bits per heavy atom. The molecule has 2 aliphatic rings. The molecule has 9 nitrogen and oxygen atoms in total. The SMILES string of the molecule is O=C(N[C@H]1COc2ccccc2NC1=O)c1nnn(CC2C=CC=CC2)n1. The van der Waals surface area contributed by atoms with Crippen LogP contribution in [0.3, 0.4) is 0 Å². The van der Waals surface area contributed by atoms with E-state index in [2.05, 4.69) is 38.2 Å². The summed E-state index contributed by atoms with van der Waals surface area (Å²) in [6, 6.07) is 6.23. The predicted octanol–water partition coefficient (Wildman–Crippen LogP) is 0.935. The van der Waals surface area contributed by atoms with Crippen molar-refractivity contribution in [2.24, 2.45) is 5.92 Å². The molecule has 2 heterocycles. The number of carbonyl (C=O) groups excluding carboxylic acids is 2. The minimum atomic E-state index is -0.858. The summed E-state index contributed by atoms with van der Waals surface area (Å²) in [6.07, 6.45) is 8.98. The molecule has 1 aromatic carbocycles. The van der Waals surface area contributed by atoms with Crippen LogP contribution in [0, 0.1) is 5.92 Å². The van der Waals surface area contributed by atoms with E-state index in [-0.39, 0.29) is 24.3 Å². The minimum absolute atomic E-state index is 0.0158. The Morgan fingerprint density at radius 1 is 1.33 bits per heavy atom. The standard InChI is InChI=1S/C18H18N6O3/c25-17-14(11-27-15-9-5-4-8-13(15)19-17)20-18(26)16-21-23-24(22-16)10-12-6-2-1-3-7-12/h1-6,8-9,12,14H,7,10-11H2,(H,19,25)(H,20,26)/t12?,14-/m0/s1. The fourth-order valence-electron chi connectivity index (χ4n) is 2.88. The van der Waals surface area contributed by atoms with Crippen LogP contribution < -0.4 is 15.4 Å². The van der Waals surface area contributed by atoms with Crippen molar-refractivity contribution < 1.29 is 14.3 Å². The normalized spacial score (nSPS) is 21.0. The molecule has 1 unspecified atom stereocenters. The number of nitrogens with zero attached hydrogens (tertiary/aromatic N) is 4. The highest BCUT2D eigenvalue weighted by Gasteiger charge is 2.28. The summed E-state index contributed by atoms with van der Waals surface area (Å²) in [6.45, 7) is 0.547. The first-order valence-electron chi connectivity index (χ1n) is 8.64. The van der Waals surface area contributed by atoms with E-state index in [9.17, 15) is 9.59 Å². The number of anilines is 1. The molecule has 0 saturated heterocycles. The van der Waals surface area contributed by atoms with Crippen LogP contribution in [0.15, 0.2) is 48.6 Å². The second-order valence-electron chi connectivity index (χ2n) is 6.30. The smallest absolute Gasteiger partial charge is 0.293 e. The van der Waals surface area contributed by atoms with Crippen LogP contribution in [-0.4, -0.2) is 44.7 Å². The van der Waals surface area contributed by atoms with Crippen LogP contribution in [0.1, 0.15) is 17.0 Å². The number of amides is 2. The minimum Gasteiger partial charge on any atom is -0.489 e. The maximum Gasteiger partial charge on any atom is 0.293 e.